The second-order valence-electron chi connectivity index (χ2n) is 4.58. The third-order valence-electron chi connectivity index (χ3n) is 2.94. The summed E-state index contributed by atoms with van der Waals surface area (Å²) in [5.41, 5.74) is 2.68. The van der Waals surface area contributed by atoms with E-state index >= 15 is 0 Å². The van der Waals surface area contributed by atoms with Crippen LogP contribution in [0.5, 0.6) is 0 Å². The molecule has 3 nitrogen and oxygen atoms in total. The average molecular weight is 368 g/mol. The van der Waals surface area contributed by atoms with Crippen molar-refractivity contribution in [3.05, 3.63) is 57.5 Å². The Hall–Kier alpha value is -1.52. The normalized spacial score (nSPS) is 10.2. The van der Waals surface area contributed by atoms with Crippen molar-refractivity contribution in [3.63, 3.8) is 0 Å². The van der Waals surface area contributed by atoms with Gasteiger partial charge in [-0.05, 0) is 35.9 Å². The van der Waals surface area contributed by atoms with Gasteiger partial charge in [0.25, 0.3) is 0 Å². The van der Waals surface area contributed by atoms with Crippen LogP contribution in [-0.4, -0.2) is 5.91 Å². The maximum atomic E-state index is 11.4. The number of anilines is 2. The van der Waals surface area contributed by atoms with Crippen LogP contribution in [0, 0.1) is 0 Å². The first-order chi connectivity index (χ1) is 10.1. The molecule has 110 valence electrons. The van der Waals surface area contributed by atoms with E-state index in [1.54, 1.807) is 12.1 Å². The third-order valence-corrected chi connectivity index (χ3v) is 3.77. The molecule has 0 fully saturated rings. The molecular formula is C16H16BrClN2O. The summed E-state index contributed by atoms with van der Waals surface area (Å²) in [4.78, 5) is 11.4. The lowest BCUT2D eigenvalue weighted by Crippen LogP contribution is -2.09. The highest BCUT2D eigenvalue weighted by atomic mass is 79.9. The van der Waals surface area contributed by atoms with Gasteiger partial charge in [-0.2, -0.15) is 0 Å². The van der Waals surface area contributed by atoms with Crippen molar-refractivity contribution >= 4 is 44.8 Å². The largest absolute Gasteiger partial charge is 0.380 e. The van der Waals surface area contributed by atoms with E-state index in [0.717, 1.165) is 21.4 Å². The SMILES string of the molecule is CCC(=O)Nc1ccc(Cl)c(NCc2cccc(Br)c2)c1. The molecule has 0 aliphatic heterocycles. The van der Waals surface area contributed by atoms with E-state index in [9.17, 15) is 4.79 Å². The number of carbonyl (C=O) groups is 1. The van der Waals surface area contributed by atoms with Gasteiger partial charge in [-0.25, -0.2) is 0 Å². The minimum absolute atomic E-state index is 0.0183. The molecule has 0 saturated carbocycles. The Balaban J connectivity index is 2.08. The van der Waals surface area contributed by atoms with Gasteiger partial charge in [0.15, 0.2) is 0 Å². The highest BCUT2D eigenvalue weighted by Gasteiger charge is 2.04. The number of carbonyl (C=O) groups excluding carboxylic acids is 1. The second-order valence-corrected chi connectivity index (χ2v) is 5.90. The molecule has 2 N–H and O–H groups in total. The molecule has 5 heteroatoms. The Labute approximate surface area is 137 Å². The van der Waals surface area contributed by atoms with Gasteiger partial charge in [-0.15, -0.1) is 0 Å². The molecule has 0 bridgehead atoms. The zero-order valence-corrected chi connectivity index (χ0v) is 14.0. The predicted molar refractivity (Wildman–Crippen MR) is 91.8 cm³/mol. The molecule has 0 aliphatic rings. The maximum Gasteiger partial charge on any atom is 0.224 e. The smallest absolute Gasteiger partial charge is 0.224 e. The van der Waals surface area contributed by atoms with E-state index < -0.39 is 0 Å². The van der Waals surface area contributed by atoms with Crippen LogP contribution in [0.3, 0.4) is 0 Å². The van der Waals surface area contributed by atoms with Crippen molar-refractivity contribution in [2.45, 2.75) is 19.9 Å². The molecule has 0 spiro atoms. The standard InChI is InChI=1S/C16H16BrClN2O/c1-2-16(21)20-13-6-7-14(18)15(9-13)19-10-11-4-3-5-12(17)8-11/h3-9,19H,2,10H2,1H3,(H,20,21). The molecule has 0 aliphatic carbocycles. The fraction of sp³-hybridized carbons (Fsp3) is 0.188. The van der Waals surface area contributed by atoms with Crippen LogP contribution in [0.15, 0.2) is 46.9 Å². The van der Waals surface area contributed by atoms with Crippen LogP contribution in [0.25, 0.3) is 0 Å². The van der Waals surface area contributed by atoms with Gasteiger partial charge in [0, 0.05) is 23.1 Å². The van der Waals surface area contributed by atoms with Crippen LogP contribution < -0.4 is 10.6 Å². The first kappa shape index (κ1) is 15.9. The van der Waals surface area contributed by atoms with Crippen LogP contribution in [0.1, 0.15) is 18.9 Å². The Morgan fingerprint density at radius 1 is 1.24 bits per heavy atom. The number of hydrogen-bond donors (Lipinski definition) is 2. The summed E-state index contributed by atoms with van der Waals surface area (Å²) in [5.74, 6) is -0.0183. The highest BCUT2D eigenvalue weighted by Crippen LogP contribution is 2.26. The number of halogens is 2. The number of nitrogens with one attached hydrogen (secondary N) is 2. The maximum absolute atomic E-state index is 11.4. The highest BCUT2D eigenvalue weighted by molar-refractivity contribution is 9.10. The summed E-state index contributed by atoms with van der Waals surface area (Å²) < 4.78 is 1.04. The van der Waals surface area contributed by atoms with Crippen LogP contribution in [0.4, 0.5) is 11.4 Å². The molecule has 2 aromatic rings. The molecule has 0 radical (unpaired) electrons. The summed E-state index contributed by atoms with van der Waals surface area (Å²) >= 11 is 9.63. The summed E-state index contributed by atoms with van der Waals surface area (Å²) in [6.07, 6.45) is 0.448. The molecular weight excluding hydrogens is 352 g/mol. The first-order valence-corrected chi connectivity index (χ1v) is 7.83. The Morgan fingerprint density at radius 2 is 2.05 bits per heavy atom. The van der Waals surface area contributed by atoms with E-state index in [1.807, 2.05) is 37.3 Å². The number of benzene rings is 2. The topological polar surface area (TPSA) is 41.1 Å². The summed E-state index contributed by atoms with van der Waals surface area (Å²) in [6.45, 7) is 2.47. The number of amides is 1. The molecule has 1 amide bonds. The van der Waals surface area contributed by atoms with E-state index in [4.69, 9.17) is 11.6 Å². The zero-order chi connectivity index (χ0) is 15.2. The molecule has 2 aromatic carbocycles. The van der Waals surface area contributed by atoms with Crippen LogP contribution >= 0.6 is 27.5 Å². The minimum atomic E-state index is -0.0183. The van der Waals surface area contributed by atoms with Crippen LogP contribution in [0.2, 0.25) is 5.02 Å². The predicted octanol–water partition coefficient (Wildman–Crippen LogP) is 5.06. The van der Waals surface area contributed by atoms with E-state index in [-0.39, 0.29) is 5.91 Å². The van der Waals surface area contributed by atoms with Crippen molar-refractivity contribution in [2.24, 2.45) is 0 Å². The second kappa shape index (κ2) is 7.48. The molecule has 0 saturated heterocycles. The first-order valence-electron chi connectivity index (χ1n) is 6.66. The minimum Gasteiger partial charge on any atom is -0.380 e. The molecule has 21 heavy (non-hydrogen) atoms. The van der Waals surface area contributed by atoms with Crippen molar-refractivity contribution in [3.8, 4) is 0 Å². The zero-order valence-electron chi connectivity index (χ0n) is 11.6. The molecule has 0 heterocycles. The van der Waals surface area contributed by atoms with Gasteiger partial charge in [0.05, 0.1) is 10.7 Å². The summed E-state index contributed by atoms with van der Waals surface area (Å²) in [5, 5.41) is 6.73. The fourth-order valence-corrected chi connectivity index (χ4v) is 2.46. The van der Waals surface area contributed by atoms with Gasteiger partial charge in [-0.3, -0.25) is 4.79 Å². The third kappa shape index (κ3) is 4.76. The monoisotopic (exact) mass is 366 g/mol. The van der Waals surface area contributed by atoms with Gasteiger partial charge >= 0.3 is 0 Å². The molecule has 0 atom stereocenters. The number of hydrogen-bond acceptors (Lipinski definition) is 2. The summed E-state index contributed by atoms with van der Waals surface area (Å²) in [6, 6.07) is 13.5. The Bertz CT molecular complexity index is 646. The van der Waals surface area contributed by atoms with Gasteiger partial charge in [0.2, 0.25) is 5.91 Å². The van der Waals surface area contributed by atoms with Crippen LogP contribution in [-0.2, 0) is 11.3 Å². The molecule has 2 rings (SSSR count). The van der Waals surface area contributed by atoms with Crippen molar-refractivity contribution in [2.75, 3.05) is 10.6 Å². The lowest BCUT2D eigenvalue weighted by molar-refractivity contribution is -0.115. The van der Waals surface area contributed by atoms with E-state index in [1.165, 1.54) is 0 Å². The van der Waals surface area contributed by atoms with E-state index in [2.05, 4.69) is 26.6 Å². The van der Waals surface area contributed by atoms with Crippen molar-refractivity contribution < 1.29 is 4.79 Å². The van der Waals surface area contributed by atoms with Gasteiger partial charge in [0.1, 0.15) is 0 Å². The average Bonchev–Trinajstić information content (AvgIpc) is 2.47. The Morgan fingerprint density at radius 3 is 2.76 bits per heavy atom. The van der Waals surface area contributed by atoms with Gasteiger partial charge < -0.3 is 10.6 Å². The quantitative estimate of drug-likeness (QED) is 0.775. The lowest BCUT2D eigenvalue weighted by atomic mass is 10.2. The Kier molecular flexibility index (Phi) is 5.65. The van der Waals surface area contributed by atoms with E-state index in [0.29, 0.717) is 18.0 Å². The summed E-state index contributed by atoms with van der Waals surface area (Å²) in [7, 11) is 0. The van der Waals surface area contributed by atoms with Gasteiger partial charge in [-0.1, -0.05) is 46.6 Å². The molecule has 0 unspecified atom stereocenters. The fourth-order valence-electron chi connectivity index (χ4n) is 1.83. The van der Waals surface area contributed by atoms with Crippen molar-refractivity contribution in [1.82, 2.24) is 0 Å². The van der Waals surface area contributed by atoms with Crippen molar-refractivity contribution in [1.29, 1.82) is 0 Å². The number of rotatable bonds is 5. The lowest BCUT2D eigenvalue weighted by Gasteiger charge is -2.11. The molecule has 0 aromatic heterocycles.